The topological polar surface area (TPSA) is 104 Å². The number of amides is 2. The molecule has 0 bridgehead atoms. The van der Waals surface area contributed by atoms with Gasteiger partial charge in [0.1, 0.15) is 0 Å². The van der Waals surface area contributed by atoms with Gasteiger partial charge in [-0.15, -0.1) is 0 Å². The molecule has 3 aromatic rings. The number of halogens is 1. The summed E-state index contributed by atoms with van der Waals surface area (Å²) in [4.78, 5) is 24.8. The Morgan fingerprint density at radius 2 is 1.61 bits per heavy atom. The average molecular weight is 486 g/mol. The summed E-state index contributed by atoms with van der Waals surface area (Å²) >= 11 is 6.05. The maximum Gasteiger partial charge on any atom is 0.261 e. The Morgan fingerprint density at radius 3 is 2.30 bits per heavy atom. The third-order valence-corrected chi connectivity index (χ3v) is 6.50. The van der Waals surface area contributed by atoms with Crippen LogP contribution in [0.5, 0.6) is 0 Å². The smallest absolute Gasteiger partial charge is 0.261 e. The molecule has 3 rings (SSSR count). The number of hydrogen-bond acceptors (Lipinski definition) is 4. The van der Waals surface area contributed by atoms with Crippen molar-refractivity contribution in [2.45, 2.75) is 25.7 Å². The molecule has 0 aliphatic carbocycles. The highest BCUT2D eigenvalue weighted by Crippen LogP contribution is 2.25. The number of anilines is 3. The lowest BCUT2D eigenvalue weighted by atomic mass is 10.1. The van der Waals surface area contributed by atoms with Gasteiger partial charge in [-0.05, 0) is 55.0 Å². The van der Waals surface area contributed by atoms with E-state index in [4.69, 9.17) is 11.6 Å². The van der Waals surface area contributed by atoms with Crippen LogP contribution in [0.15, 0.2) is 71.6 Å². The van der Waals surface area contributed by atoms with Crippen LogP contribution in [-0.2, 0) is 14.8 Å². The van der Waals surface area contributed by atoms with Crippen LogP contribution in [0.1, 0.15) is 29.8 Å². The van der Waals surface area contributed by atoms with Crippen LogP contribution < -0.4 is 15.4 Å². The number of para-hydroxylation sites is 1. The summed E-state index contributed by atoms with van der Waals surface area (Å²) in [6.45, 7) is 5.39. The third kappa shape index (κ3) is 6.12. The van der Waals surface area contributed by atoms with E-state index in [9.17, 15) is 18.0 Å². The van der Waals surface area contributed by atoms with E-state index in [0.717, 1.165) is 5.56 Å². The summed E-state index contributed by atoms with van der Waals surface area (Å²) < 4.78 is 28.0. The maximum absolute atomic E-state index is 12.9. The molecular weight excluding hydrogens is 462 g/mol. The molecule has 0 aromatic heterocycles. The minimum atomic E-state index is -3.96. The molecule has 7 nitrogen and oxygen atoms in total. The summed E-state index contributed by atoms with van der Waals surface area (Å²) in [5.41, 5.74) is 2.24. The van der Waals surface area contributed by atoms with Crippen LogP contribution in [0, 0.1) is 12.8 Å². The molecule has 0 saturated heterocycles. The van der Waals surface area contributed by atoms with Crippen LogP contribution in [0.25, 0.3) is 0 Å². The monoisotopic (exact) mass is 485 g/mol. The van der Waals surface area contributed by atoms with Crippen molar-refractivity contribution in [2.75, 3.05) is 15.4 Å². The summed E-state index contributed by atoms with van der Waals surface area (Å²) in [6.07, 6.45) is 0. The lowest BCUT2D eigenvalue weighted by Gasteiger charge is -2.13. The lowest BCUT2D eigenvalue weighted by molar-refractivity contribution is -0.118. The lowest BCUT2D eigenvalue weighted by Crippen LogP contribution is -2.18. The molecule has 3 N–H and O–H groups in total. The molecule has 2 amide bonds. The molecule has 0 aliphatic heterocycles. The zero-order chi connectivity index (χ0) is 24.2. The highest BCUT2D eigenvalue weighted by molar-refractivity contribution is 7.92. The van der Waals surface area contributed by atoms with Crippen LogP contribution in [0.4, 0.5) is 17.1 Å². The average Bonchev–Trinajstić information content (AvgIpc) is 2.77. The molecule has 0 fully saturated rings. The fourth-order valence-electron chi connectivity index (χ4n) is 2.87. The van der Waals surface area contributed by atoms with Gasteiger partial charge >= 0.3 is 0 Å². The summed E-state index contributed by atoms with van der Waals surface area (Å²) in [6, 6.07) is 17.3. The Kier molecular flexibility index (Phi) is 7.40. The minimum Gasteiger partial charge on any atom is -0.326 e. The van der Waals surface area contributed by atoms with Crippen molar-refractivity contribution in [1.29, 1.82) is 0 Å². The zero-order valence-electron chi connectivity index (χ0n) is 18.3. The molecule has 0 aliphatic rings. The number of hydrogen-bond donors (Lipinski definition) is 3. The first-order valence-corrected chi connectivity index (χ1v) is 12.0. The number of carbonyl (C=O) groups excluding carboxylic acids is 2. The summed E-state index contributed by atoms with van der Waals surface area (Å²) in [7, 11) is -3.96. The van der Waals surface area contributed by atoms with E-state index in [1.54, 1.807) is 56.3 Å². The summed E-state index contributed by atoms with van der Waals surface area (Å²) in [5, 5.41) is 5.83. The third-order valence-electron chi connectivity index (χ3n) is 4.80. The number of rotatable bonds is 7. The molecule has 0 heterocycles. The van der Waals surface area contributed by atoms with Gasteiger partial charge in [0.05, 0.1) is 15.6 Å². The van der Waals surface area contributed by atoms with Gasteiger partial charge in [-0.2, -0.15) is 0 Å². The Bertz CT molecular complexity index is 1310. The van der Waals surface area contributed by atoms with Gasteiger partial charge in [-0.1, -0.05) is 49.7 Å². The van der Waals surface area contributed by atoms with Crippen LogP contribution in [0.2, 0.25) is 5.02 Å². The van der Waals surface area contributed by atoms with Crippen molar-refractivity contribution in [3.8, 4) is 0 Å². The Labute approximate surface area is 198 Å². The van der Waals surface area contributed by atoms with Gasteiger partial charge in [-0.25, -0.2) is 8.42 Å². The van der Waals surface area contributed by atoms with Crippen LogP contribution in [0.3, 0.4) is 0 Å². The van der Waals surface area contributed by atoms with Crippen LogP contribution in [-0.4, -0.2) is 20.2 Å². The van der Waals surface area contributed by atoms with Crippen LogP contribution >= 0.6 is 11.6 Å². The number of nitrogens with one attached hydrogen (secondary N) is 3. The largest absolute Gasteiger partial charge is 0.326 e. The van der Waals surface area contributed by atoms with E-state index < -0.39 is 15.9 Å². The van der Waals surface area contributed by atoms with Gasteiger partial charge in [0, 0.05) is 22.9 Å². The van der Waals surface area contributed by atoms with Crippen molar-refractivity contribution in [1.82, 2.24) is 0 Å². The Hall–Kier alpha value is -3.36. The fraction of sp³-hybridized carbons (Fsp3) is 0.167. The Morgan fingerprint density at radius 1 is 0.879 bits per heavy atom. The molecule has 0 atom stereocenters. The maximum atomic E-state index is 12.9. The number of aryl methyl sites for hydroxylation is 1. The molecule has 172 valence electrons. The quantitative estimate of drug-likeness (QED) is 0.422. The second kappa shape index (κ2) is 10.1. The molecule has 0 saturated carbocycles. The SMILES string of the molecule is Cc1ccc(NC(=O)C(C)C)cc1NC(=O)c1cccc(S(=O)(=O)Nc2ccccc2Cl)c1. The zero-order valence-corrected chi connectivity index (χ0v) is 19.9. The standard InChI is InChI=1S/C24H24ClN3O4S/c1-15(2)23(29)26-18-12-11-16(3)22(14-18)27-24(30)17-7-6-8-19(13-17)33(31,32)28-21-10-5-4-9-20(21)25/h4-15,28H,1-3H3,(H,26,29)(H,27,30). The molecule has 3 aromatic carbocycles. The van der Waals surface area contributed by atoms with E-state index in [0.29, 0.717) is 11.4 Å². The second-order valence-electron chi connectivity index (χ2n) is 7.74. The number of carbonyl (C=O) groups is 2. The van der Waals surface area contributed by atoms with Gasteiger partial charge in [0.2, 0.25) is 5.91 Å². The first-order valence-electron chi connectivity index (χ1n) is 10.2. The normalized spacial score (nSPS) is 11.2. The van der Waals surface area contributed by atoms with Gasteiger partial charge in [0.25, 0.3) is 15.9 Å². The minimum absolute atomic E-state index is 0.0789. The highest BCUT2D eigenvalue weighted by atomic mass is 35.5. The molecule has 9 heteroatoms. The number of sulfonamides is 1. The molecule has 0 radical (unpaired) electrons. The van der Waals surface area contributed by atoms with Crippen molar-refractivity contribution in [3.05, 3.63) is 82.9 Å². The van der Waals surface area contributed by atoms with E-state index in [1.807, 2.05) is 6.92 Å². The van der Waals surface area contributed by atoms with Gasteiger partial charge < -0.3 is 10.6 Å². The molecule has 33 heavy (non-hydrogen) atoms. The van der Waals surface area contributed by atoms with E-state index in [2.05, 4.69) is 15.4 Å². The van der Waals surface area contributed by atoms with E-state index >= 15 is 0 Å². The van der Waals surface area contributed by atoms with E-state index in [-0.39, 0.29) is 33.0 Å². The molecule has 0 spiro atoms. The Balaban J connectivity index is 1.81. The molecular formula is C24H24ClN3O4S. The van der Waals surface area contributed by atoms with Gasteiger partial charge in [-0.3, -0.25) is 14.3 Å². The number of benzene rings is 3. The highest BCUT2D eigenvalue weighted by Gasteiger charge is 2.18. The predicted octanol–water partition coefficient (Wildman–Crippen LogP) is 5.30. The van der Waals surface area contributed by atoms with Crippen molar-refractivity contribution in [2.24, 2.45) is 5.92 Å². The predicted molar refractivity (Wildman–Crippen MR) is 131 cm³/mol. The van der Waals surface area contributed by atoms with Crippen molar-refractivity contribution >= 4 is 50.5 Å². The first kappa shape index (κ1) is 24.3. The summed E-state index contributed by atoms with van der Waals surface area (Å²) in [5.74, 6) is -0.811. The van der Waals surface area contributed by atoms with Crippen molar-refractivity contribution in [3.63, 3.8) is 0 Å². The molecule has 0 unspecified atom stereocenters. The first-order chi connectivity index (χ1) is 15.6. The second-order valence-corrected chi connectivity index (χ2v) is 9.83. The van der Waals surface area contributed by atoms with Crippen molar-refractivity contribution < 1.29 is 18.0 Å². The van der Waals surface area contributed by atoms with E-state index in [1.165, 1.54) is 24.3 Å². The van der Waals surface area contributed by atoms with Gasteiger partial charge in [0.15, 0.2) is 0 Å². The fourth-order valence-corrected chi connectivity index (χ4v) is 4.23.